The number of carbonyl (C=O) groups excluding carboxylic acids is 2. The van der Waals surface area contributed by atoms with Gasteiger partial charge in [0.2, 0.25) is 5.60 Å². The van der Waals surface area contributed by atoms with Gasteiger partial charge in [0.15, 0.2) is 8.32 Å². The highest BCUT2D eigenvalue weighted by atomic mass is 28.4. The Hall–Kier alpha value is -0.723. The highest BCUT2D eigenvalue weighted by Gasteiger charge is 2.68. The maximum Gasteiger partial charge on any atom is 0.343 e. The molecule has 3 atom stereocenters. The summed E-state index contributed by atoms with van der Waals surface area (Å²) in [5.74, 6) is -0.410. The molecule has 1 heterocycles. The number of aldehydes is 1. The van der Waals surface area contributed by atoms with Crippen molar-refractivity contribution in [3.8, 4) is 0 Å². The molecule has 0 aliphatic carbocycles. The second kappa shape index (κ2) is 6.80. The Bertz CT molecular complexity index is 415. The van der Waals surface area contributed by atoms with Gasteiger partial charge in [-0.25, -0.2) is 4.79 Å². The molecular formula is C16H30O5Si. The van der Waals surface area contributed by atoms with Crippen molar-refractivity contribution in [2.24, 2.45) is 0 Å². The van der Waals surface area contributed by atoms with Crippen molar-refractivity contribution in [1.82, 2.24) is 0 Å². The van der Waals surface area contributed by atoms with Crippen molar-refractivity contribution in [3.05, 3.63) is 0 Å². The molecule has 1 aliphatic rings. The smallest absolute Gasteiger partial charge is 0.343 e. The maximum absolute atomic E-state index is 12.4. The zero-order valence-corrected chi connectivity index (χ0v) is 15.9. The first-order chi connectivity index (χ1) is 10.1. The summed E-state index contributed by atoms with van der Waals surface area (Å²) in [5, 5.41) is -0.0133. The standard InChI is InChI=1S/C16H30O5Si/c1-8-12-16(20-12,14(18)19-9-2)13(10-11-17)21-22(6,7)15(3,4)5/h11-13H,8-10H2,1-7H3/t12-,13+,16+/m0/s1. The van der Waals surface area contributed by atoms with Crippen molar-refractivity contribution in [2.45, 2.75) is 83.4 Å². The topological polar surface area (TPSA) is 65.1 Å². The fourth-order valence-electron chi connectivity index (χ4n) is 2.36. The number of epoxide rings is 1. The molecule has 0 N–H and O–H groups in total. The molecule has 1 fully saturated rings. The molecule has 22 heavy (non-hydrogen) atoms. The predicted molar refractivity (Wildman–Crippen MR) is 87.3 cm³/mol. The van der Waals surface area contributed by atoms with Gasteiger partial charge in [-0.2, -0.15) is 0 Å². The molecule has 6 heteroatoms. The van der Waals surface area contributed by atoms with Gasteiger partial charge in [-0.3, -0.25) is 0 Å². The third kappa shape index (κ3) is 3.60. The van der Waals surface area contributed by atoms with Gasteiger partial charge in [-0.1, -0.05) is 27.7 Å². The molecule has 0 spiro atoms. The van der Waals surface area contributed by atoms with Crippen molar-refractivity contribution >= 4 is 20.6 Å². The van der Waals surface area contributed by atoms with Gasteiger partial charge in [0.25, 0.3) is 0 Å². The molecule has 0 saturated carbocycles. The van der Waals surface area contributed by atoms with Crippen LogP contribution in [0.25, 0.3) is 0 Å². The van der Waals surface area contributed by atoms with E-state index in [2.05, 4.69) is 33.9 Å². The van der Waals surface area contributed by atoms with E-state index < -0.39 is 26.0 Å². The van der Waals surface area contributed by atoms with Crippen LogP contribution >= 0.6 is 0 Å². The van der Waals surface area contributed by atoms with E-state index >= 15 is 0 Å². The Morgan fingerprint density at radius 2 is 1.95 bits per heavy atom. The summed E-state index contributed by atoms with van der Waals surface area (Å²) in [5.41, 5.74) is -1.11. The van der Waals surface area contributed by atoms with E-state index in [-0.39, 0.29) is 24.2 Å². The average Bonchev–Trinajstić information content (AvgIpc) is 3.12. The third-order valence-electron chi connectivity index (χ3n) is 4.76. The van der Waals surface area contributed by atoms with Crippen molar-refractivity contribution in [3.63, 3.8) is 0 Å². The lowest BCUT2D eigenvalue weighted by molar-refractivity contribution is -0.154. The zero-order valence-electron chi connectivity index (χ0n) is 14.9. The summed E-state index contributed by atoms with van der Waals surface area (Å²) < 4.78 is 17.2. The van der Waals surface area contributed by atoms with Crippen LogP contribution in [0, 0.1) is 0 Å². The fourth-order valence-corrected chi connectivity index (χ4v) is 3.69. The lowest BCUT2D eigenvalue weighted by atomic mass is 9.95. The lowest BCUT2D eigenvalue weighted by Gasteiger charge is -2.40. The third-order valence-corrected chi connectivity index (χ3v) is 9.24. The molecule has 128 valence electrons. The van der Waals surface area contributed by atoms with Crippen molar-refractivity contribution in [1.29, 1.82) is 0 Å². The highest BCUT2D eigenvalue weighted by Crippen LogP contribution is 2.48. The van der Waals surface area contributed by atoms with Crippen LogP contribution in [0.1, 0.15) is 47.5 Å². The van der Waals surface area contributed by atoms with Gasteiger partial charge < -0.3 is 18.7 Å². The van der Waals surface area contributed by atoms with E-state index in [4.69, 9.17) is 13.9 Å². The SMILES string of the molecule is CCOC(=O)[C@@]1([C@@H](CC=O)O[Si](C)(C)C(C)(C)C)O[C@H]1CC. The first-order valence-corrected chi connectivity index (χ1v) is 10.9. The van der Waals surface area contributed by atoms with Crippen LogP contribution in [0.3, 0.4) is 0 Å². The summed E-state index contributed by atoms with van der Waals surface area (Å²) in [6.45, 7) is 14.6. The summed E-state index contributed by atoms with van der Waals surface area (Å²) in [6, 6.07) is 0. The van der Waals surface area contributed by atoms with Gasteiger partial charge in [-0.05, 0) is 31.5 Å². The van der Waals surface area contributed by atoms with Crippen LogP contribution in [0.5, 0.6) is 0 Å². The van der Waals surface area contributed by atoms with Crippen molar-refractivity contribution < 1.29 is 23.5 Å². The van der Waals surface area contributed by atoms with Gasteiger partial charge in [0, 0.05) is 6.42 Å². The number of ether oxygens (including phenoxy) is 2. The predicted octanol–water partition coefficient (Wildman–Crippen LogP) is 3.08. The first kappa shape index (κ1) is 19.3. The van der Waals surface area contributed by atoms with E-state index in [1.807, 2.05) is 6.92 Å². The second-order valence-corrected chi connectivity index (χ2v) is 12.1. The van der Waals surface area contributed by atoms with Crippen LogP contribution < -0.4 is 0 Å². The monoisotopic (exact) mass is 330 g/mol. The minimum absolute atomic E-state index is 0.0133. The molecule has 1 saturated heterocycles. The zero-order chi connectivity index (χ0) is 17.2. The minimum atomic E-state index is -2.13. The Morgan fingerprint density at radius 3 is 2.32 bits per heavy atom. The van der Waals surface area contributed by atoms with E-state index in [0.29, 0.717) is 6.42 Å². The fraction of sp³-hybridized carbons (Fsp3) is 0.875. The molecular weight excluding hydrogens is 300 g/mol. The van der Waals surface area contributed by atoms with Crippen LogP contribution in [-0.2, 0) is 23.5 Å². The largest absolute Gasteiger partial charge is 0.464 e. The van der Waals surface area contributed by atoms with Crippen LogP contribution in [0.4, 0.5) is 0 Å². The van der Waals surface area contributed by atoms with Crippen molar-refractivity contribution in [2.75, 3.05) is 6.61 Å². The molecule has 1 rings (SSSR count). The molecule has 0 aromatic rings. The molecule has 0 unspecified atom stereocenters. The molecule has 1 aliphatic heterocycles. The maximum atomic E-state index is 12.4. The molecule has 0 amide bonds. The normalized spacial score (nSPS) is 26.4. The minimum Gasteiger partial charge on any atom is -0.464 e. The van der Waals surface area contributed by atoms with Gasteiger partial charge >= 0.3 is 5.97 Å². The molecule has 0 aromatic carbocycles. The highest BCUT2D eigenvalue weighted by molar-refractivity contribution is 6.74. The average molecular weight is 330 g/mol. The van der Waals surface area contributed by atoms with Gasteiger partial charge in [0.1, 0.15) is 12.4 Å². The Morgan fingerprint density at radius 1 is 1.36 bits per heavy atom. The van der Waals surface area contributed by atoms with E-state index in [1.54, 1.807) is 6.92 Å². The van der Waals surface area contributed by atoms with E-state index in [9.17, 15) is 9.59 Å². The molecule has 0 bridgehead atoms. The summed E-state index contributed by atoms with van der Waals surface area (Å²) in [7, 11) is -2.13. The van der Waals surface area contributed by atoms with Gasteiger partial charge in [0.05, 0.1) is 12.7 Å². The number of esters is 1. The number of rotatable bonds is 8. The summed E-state index contributed by atoms with van der Waals surface area (Å²) >= 11 is 0. The Balaban J connectivity index is 3.07. The van der Waals surface area contributed by atoms with Crippen LogP contribution in [0.15, 0.2) is 0 Å². The Kier molecular flexibility index (Phi) is 5.98. The van der Waals surface area contributed by atoms with E-state index in [0.717, 1.165) is 6.29 Å². The number of hydrogen-bond donors (Lipinski definition) is 0. The summed E-state index contributed by atoms with van der Waals surface area (Å²) in [4.78, 5) is 23.5. The molecule has 0 aromatic heterocycles. The summed E-state index contributed by atoms with van der Waals surface area (Å²) in [6.07, 6.45) is 0.820. The Labute approximate surface area is 134 Å². The lowest BCUT2D eigenvalue weighted by Crippen LogP contribution is -2.52. The van der Waals surface area contributed by atoms with Crippen LogP contribution in [0.2, 0.25) is 18.1 Å². The number of hydrogen-bond acceptors (Lipinski definition) is 5. The second-order valence-electron chi connectivity index (χ2n) is 7.30. The molecule has 0 radical (unpaired) electrons. The quantitative estimate of drug-likeness (QED) is 0.296. The number of carbonyl (C=O) groups is 2. The van der Waals surface area contributed by atoms with Gasteiger partial charge in [-0.15, -0.1) is 0 Å². The first-order valence-electron chi connectivity index (χ1n) is 8.03. The molecule has 5 nitrogen and oxygen atoms in total. The van der Waals surface area contributed by atoms with Crippen LogP contribution in [-0.4, -0.2) is 45.0 Å². The van der Waals surface area contributed by atoms with E-state index in [1.165, 1.54) is 0 Å².